The summed E-state index contributed by atoms with van der Waals surface area (Å²) in [6.45, 7) is 7.46. The van der Waals surface area contributed by atoms with Gasteiger partial charge in [0.2, 0.25) is 0 Å². The van der Waals surface area contributed by atoms with Crippen molar-refractivity contribution in [2.45, 2.75) is 31.8 Å². The Bertz CT molecular complexity index is 207. The van der Waals surface area contributed by atoms with Gasteiger partial charge in [0.25, 0.3) is 0 Å². The highest BCUT2D eigenvalue weighted by atomic mass is 16.5. The van der Waals surface area contributed by atoms with E-state index in [9.17, 15) is 0 Å². The predicted octanol–water partition coefficient (Wildman–Crippen LogP) is 0.461. The van der Waals surface area contributed by atoms with Gasteiger partial charge in [-0.1, -0.05) is 0 Å². The molecule has 2 rings (SSSR count). The highest BCUT2D eigenvalue weighted by molar-refractivity contribution is 4.86. The van der Waals surface area contributed by atoms with Crippen LogP contribution in [0.25, 0.3) is 0 Å². The fourth-order valence-corrected chi connectivity index (χ4v) is 2.90. The molecule has 2 saturated heterocycles. The molecule has 2 heterocycles. The van der Waals surface area contributed by atoms with Gasteiger partial charge in [0.1, 0.15) is 0 Å². The van der Waals surface area contributed by atoms with Crippen molar-refractivity contribution in [3.63, 3.8) is 0 Å². The molecular formula is C12H24N2O2. The summed E-state index contributed by atoms with van der Waals surface area (Å²) in [6.07, 6.45) is 2.44. The molecule has 0 aliphatic carbocycles. The van der Waals surface area contributed by atoms with Gasteiger partial charge in [0, 0.05) is 31.8 Å². The third kappa shape index (κ3) is 2.74. The molecule has 0 aromatic rings. The van der Waals surface area contributed by atoms with Crippen molar-refractivity contribution in [2.75, 3.05) is 39.5 Å². The monoisotopic (exact) mass is 228 g/mol. The molecule has 2 aliphatic rings. The van der Waals surface area contributed by atoms with Crippen molar-refractivity contribution in [3.8, 4) is 0 Å². The van der Waals surface area contributed by atoms with E-state index in [4.69, 9.17) is 15.2 Å². The molecule has 16 heavy (non-hydrogen) atoms. The van der Waals surface area contributed by atoms with Gasteiger partial charge in [-0.15, -0.1) is 0 Å². The molecule has 3 unspecified atom stereocenters. The van der Waals surface area contributed by atoms with Crippen molar-refractivity contribution in [1.29, 1.82) is 0 Å². The van der Waals surface area contributed by atoms with Crippen molar-refractivity contribution in [2.24, 2.45) is 11.7 Å². The van der Waals surface area contributed by atoms with Gasteiger partial charge in [0.05, 0.1) is 19.8 Å². The summed E-state index contributed by atoms with van der Waals surface area (Å²) in [5.74, 6) is 0.610. The zero-order chi connectivity index (χ0) is 11.4. The van der Waals surface area contributed by atoms with Crippen LogP contribution in [-0.2, 0) is 9.47 Å². The third-order valence-electron chi connectivity index (χ3n) is 3.83. The summed E-state index contributed by atoms with van der Waals surface area (Å²) in [4.78, 5) is 2.52. The van der Waals surface area contributed by atoms with Crippen LogP contribution in [0.15, 0.2) is 0 Å². The minimum atomic E-state index is 0.471. The lowest BCUT2D eigenvalue weighted by Crippen LogP contribution is -2.55. The fourth-order valence-electron chi connectivity index (χ4n) is 2.90. The van der Waals surface area contributed by atoms with E-state index < -0.39 is 0 Å². The lowest BCUT2D eigenvalue weighted by atomic mass is 9.91. The Kier molecular flexibility index (Phi) is 4.58. The Morgan fingerprint density at radius 3 is 2.75 bits per heavy atom. The number of hydrogen-bond donors (Lipinski definition) is 1. The van der Waals surface area contributed by atoms with Crippen molar-refractivity contribution in [3.05, 3.63) is 0 Å². The standard InChI is InChI=1S/C12H24N2O2/c1-10-8-16-6-4-14(10)12(7-13)11-3-2-5-15-9-11/h10-12H,2-9,13H2,1H3. The summed E-state index contributed by atoms with van der Waals surface area (Å²) in [5, 5.41) is 0. The molecule has 2 N–H and O–H groups in total. The van der Waals surface area contributed by atoms with Crippen molar-refractivity contribution < 1.29 is 9.47 Å². The van der Waals surface area contributed by atoms with Gasteiger partial charge in [-0.25, -0.2) is 0 Å². The van der Waals surface area contributed by atoms with E-state index in [-0.39, 0.29) is 0 Å². The third-order valence-corrected chi connectivity index (χ3v) is 3.83. The maximum absolute atomic E-state index is 5.96. The molecule has 2 aliphatic heterocycles. The molecule has 0 bridgehead atoms. The van der Waals surface area contributed by atoms with Gasteiger partial charge < -0.3 is 15.2 Å². The Balaban J connectivity index is 1.96. The number of ether oxygens (including phenoxy) is 2. The molecule has 3 atom stereocenters. The van der Waals surface area contributed by atoms with Gasteiger partial charge in [0.15, 0.2) is 0 Å². The Morgan fingerprint density at radius 1 is 1.31 bits per heavy atom. The highest BCUT2D eigenvalue weighted by Crippen LogP contribution is 2.23. The second-order valence-electron chi connectivity index (χ2n) is 4.94. The Morgan fingerprint density at radius 2 is 2.12 bits per heavy atom. The molecule has 4 nitrogen and oxygen atoms in total. The van der Waals surface area contributed by atoms with Crippen LogP contribution in [0.5, 0.6) is 0 Å². The van der Waals surface area contributed by atoms with E-state index in [2.05, 4.69) is 11.8 Å². The van der Waals surface area contributed by atoms with Crippen LogP contribution in [0, 0.1) is 5.92 Å². The van der Waals surface area contributed by atoms with E-state index >= 15 is 0 Å². The normalized spacial score (nSPS) is 34.9. The zero-order valence-corrected chi connectivity index (χ0v) is 10.2. The zero-order valence-electron chi connectivity index (χ0n) is 10.2. The van der Waals surface area contributed by atoms with E-state index in [0.29, 0.717) is 18.0 Å². The number of nitrogens with two attached hydrogens (primary N) is 1. The number of hydrogen-bond acceptors (Lipinski definition) is 4. The molecular weight excluding hydrogens is 204 g/mol. The van der Waals surface area contributed by atoms with E-state index in [0.717, 1.165) is 39.5 Å². The van der Waals surface area contributed by atoms with Crippen LogP contribution in [0.4, 0.5) is 0 Å². The first-order valence-corrected chi connectivity index (χ1v) is 6.44. The molecule has 2 fully saturated rings. The molecule has 0 aromatic carbocycles. The predicted molar refractivity (Wildman–Crippen MR) is 63.4 cm³/mol. The highest BCUT2D eigenvalue weighted by Gasteiger charge is 2.32. The molecule has 0 spiro atoms. The van der Waals surface area contributed by atoms with Crippen molar-refractivity contribution in [1.82, 2.24) is 4.90 Å². The molecule has 4 heteroatoms. The van der Waals surface area contributed by atoms with E-state index in [1.807, 2.05) is 0 Å². The fraction of sp³-hybridized carbons (Fsp3) is 1.00. The molecule has 0 aromatic heterocycles. The Hall–Kier alpha value is -0.160. The van der Waals surface area contributed by atoms with Crippen LogP contribution in [0.3, 0.4) is 0 Å². The van der Waals surface area contributed by atoms with Gasteiger partial charge in [-0.3, -0.25) is 4.90 Å². The van der Waals surface area contributed by atoms with E-state index in [1.54, 1.807) is 0 Å². The first-order chi connectivity index (χ1) is 7.83. The maximum atomic E-state index is 5.96. The van der Waals surface area contributed by atoms with Gasteiger partial charge in [-0.05, 0) is 25.7 Å². The SMILES string of the molecule is CC1COCCN1C(CN)C1CCCOC1. The summed E-state index contributed by atoms with van der Waals surface area (Å²) >= 11 is 0. The second-order valence-corrected chi connectivity index (χ2v) is 4.94. The van der Waals surface area contributed by atoms with E-state index in [1.165, 1.54) is 12.8 Å². The minimum Gasteiger partial charge on any atom is -0.381 e. The van der Waals surface area contributed by atoms with Crippen molar-refractivity contribution >= 4 is 0 Å². The quantitative estimate of drug-likeness (QED) is 0.762. The summed E-state index contributed by atoms with van der Waals surface area (Å²) < 4.78 is 11.1. The molecule has 0 amide bonds. The minimum absolute atomic E-state index is 0.471. The molecule has 0 radical (unpaired) electrons. The average molecular weight is 228 g/mol. The van der Waals surface area contributed by atoms with Crippen LogP contribution < -0.4 is 5.73 Å². The van der Waals surface area contributed by atoms with Crippen LogP contribution in [0.2, 0.25) is 0 Å². The topological polar surface area (TPSA) is 47.7 Å². The van der Waals surface area contributed by atoms with Crippen LogP contribution in [-0.4, -0.2) is 56.5 Å². The molecule has 0 saturated carbocycles. The number of rotatable bonds is 3. The molecule has 94 valence electrons. The summed E-state index contributed by atoms with van der Waals surface area (Å²) in [5.41, 5.74) is 5.96. The second kappa shape index (κ2) is 5.96. The maximum Gasteiger partial charge on any atom is 0.0619 e. The lowest BCUT2D eigenvalue weighted by molar-refractivity contribution is -0.0548. The van der Waals surface area contributed by atoms with Crippen LogP contribution >= 0.6 is 0 Å². The smallest absolute Gasteiger partial charge is 0.0619 e. The number of morpholine rings is 1. The van der Waals surface area contributed by atoms with Gasteiger partial charge in [-0.2, -0.15) is 0 Å². The number of nitrogens with zero attached hydrogens (tertiary/aromatic N) is 1. The summed E-state index contributed by atoms with van der Waals surface area (Å²) in [6, 6.07) is 0.962. The van der Waals surface area contributed by atoms with Crippen LogP contribution in [0.1, 0.15) is 19.8 Å². The Labute approximate surface area is 98.1 Å². The lowest BCUT2D eigenvalue weighted by Gasteiger charge is -2.43. The average Bonchev–Trinajstić information content (AvgIpc) is 2.34. The first-order valence-electron chi connectivity index (χ1n) is 6.44. The largest absolute Gasteiger partial charge is 0.381 e. The van der Waals surface area contributed by atoms with Gasteiger partial charge >= 0.3 is 0 Å². The summed E-state index contributed by atoms with van der Waals surface area (Å²) in [7, 11) is 0. The first kappa shape index (κ1) is 12.3.